The van der Waals surface area contributed by atoms with Gasteiger partial charge in [-0.05, 0) is 49.8 Å². The van der Waals surface area contributed by atoms with Crippen LogP contribution < -0.4 is 10.1 Å². The van der Waals surface area contributed by atoms with Gasteiger partial charge < -0.3 is 24.4 Å². The summed E-state index contributed by atoms with van der Waals surface area (Å²) >= 11 is 0. The minimum absolute atomic E-state index is 0.0925. The average Bonchev–Trinajstić information content (AvgIpc) is 2.85. The summed E-state index contributed by atoms with van der Waals surface area (Å²) in [6, 6.07) is 5.45. The molecule has 3 atom stereocenters. The van der Waals surface area contributed by atoms with Crippen molar-refractivity contribution in [2.45, 2.75) is 52.2 Å². The molecule has 190 valence electrons. The van der Waals surface area contributed by atoms with E-state index in [0.29, 0.717) is 42.5 Å². The van der Waals surface area contributed by atoms with Gasteiger partial charge >= 0.3 is 0 Å². The predicted octanol–water partition coefficient (Wildman–Crippen LogP) is 3.27. The second-order valence-electron chi connectivity index (χ2n) is 9.72. The summed E-state index contributed by atoms with van der Waals surface area (Å²) in [4.78, 5) is 29.5. The van der Waals surface area contributed by atoms with Crippen molar-refractivity contribution in [1.82, 2.24) is 9.80 Å². The molecule has 2 heterocycles. The van der Waals surface area contributed by atoms with Crippen molar-refractivity contribution in [3.05, 3.63) is 23.8 Å². The number of methoxy groups -OCH3 is 1. The molecular formula is C26H41N3O5. The molecule has 1 N–H and O–H groups in total. The van der Waals surface area contributed by atoms with Gasteiger partial charge in [0.25, 0.3) is 5.91 Å². The lowest BCUT2D eigenvalue weighted by Crippen LogP contribution is -2.48. The molecule has 34 heavy (non-hydrogen) atoms. The first kappa shape index (κ1) is 26.4. The zero-order chi connectivity index (χ0) is 24.7. The Morgan fingerprint density at radius 3 is 2.62 bits per heavy atom. The van der Waals surface area contributed by atoms with Crippen LogP contribution >= 0.6 is 0 Å². The minimum atomic E-state index is -0.149. The third-order valence-electron chi connectivity index (χ3n) is 7.01. The molecule has 2 aliphatic rings. The molecule has 1 fully saturated rings. The zero-order valence-electron chi connectivity index (χ0n) is 21.3. The highest BCUT2D eigenvalue weighted by Gasteiger charge is 2.30. The molecule has 0 aliphatic carbocycles. The van der Waals surface area contributed by atoms with E-state index in [9.17, 15) is 9.59 Å². The summed E-state index contributed by atoms with van der Waals surface area (Å²) in [7, 11) is 3.50. The van der Waals surface area contributed by atoms with Gasteiger partial charge in [0.05, 0.1) is 11.7 Å². The van der Waals surface area contributed by atoms with Crippen LogP contribution in [0.2, 0.25) is 0 Å². The van der Waals surface area contributed by atoms with E-state index in [2.05, 4.69) is 24.1 Å². The molecule has 0 spiro atoms. The Labute approximate surface area is 203 Å². The van der Waals surface area contributed by atoms with E-state index in [1.54, 1.807) is 44.2 Å². The Hall–Kier alpha value is -2.16. The van der Waals surface area contributed by atoms with Crippen LogP contribution in [0.3, 0.4) is 0 Å². The Balaban J connectivity index is 1.88. The molecule has 0 radical (unpaired) electrons. The lowest BCUT2D eigenvalue weighted by molar-refractivity contribution is -0.115. The standard InChI is InChI=1S/C26H41N3O5/c1-6-25(30)27-21-7-8-23-22(13-21)26(31)28(4)16-24(32-5)18(2)14-29(19(3)17-34-23)15-20-9-11-33-12-10-20/h7-8,13,18-20,24H,6,9-12,14-17H2,1-5H3,(H,27,30)/t18-,19+,24-/m0/s1. The van der Waals surface area contributed by atoms with Crippen molar-refractivity contribution in [3.63, 3.8) is 0 Å². The van der Waals surface area contributed by atoms with Crippen molar-refractivity contribution >= 4 is 17.5 Å². The van der Waals surface area contributed by atoms with Gasteiger partial charge in [0.15, 0.2) is 0 Å². The van der Waals surface area contributed by atoms with Crippen LogP contribution in [-0.2, 0) is 14.3 Å². The van der Waals surface area contributed by atoms with Gasteiger partial charge in [-0.25, -0.2) is 0 Å². The number of amides is 2. The summed E-state index contributed by atoms with van der Waals surface area (Å²) < 4.78 is 17.6. The molecule has 1 aromatic carbocycles. The summed E-state index contributed by atoms with van der Waals surface area (Å²) in [5.74, 6) is 1.13. The number of carbonyl (C=O) groups is 2. The Morgan fingerprint density at radius 1 is 1.21 bits per heavy atom. The lowest BCUT2D eigenvalue weighted by Gasteiger charge is -2.38. The van der Waals surface area contributed by atoms with Crippen LogP contribution in [0.15, 0.2) is 18.2 Å². The number of carbonyl (C=O) groups excluding carboxylic acids is 2. The fraction of sp³-hybridized carbons (Fsp3) is 0.692. The fourth-order valence-electron chi connectivity index (χ4n) is 4.69. The highest BCUT2D eigenvalue weighted by atomic mass is 16.5. The molecule has 0 saturated carbocycles. The van der Waals surface area contributed by atoms with Gasteiger partial charge in [0.1, 0.15) is 12.4 Å². The number of fused-ring (bicyclic) bond motifs is 1. The van der Waals surface area contributed by atoms with Crippen LogP contribution in [0.25, 0.3) is 0 Å². The Morgan fingerprint density at radius 2 is 1.94 bits per heavy atom. The van der Waals surface area contributed by atoms with E-state index in [1.807, 2.05) is 0 Å². The highest BCUT2D eigenvalue weighted by molar-refractivity contribution is 5.99. The maximum atomic E-state index is 13.4. The molecule has 8 nitrogen and oxygen atoms in total. The van der Waals surface area contributed by atoms with E-state index >= 15 is 0 Å². The fourth-order valence-corrected chi connectivity index (χ4v) is 4.69. The van der Waals surface area contributed by atoms with Crippen molar-refractivity contribution < 1.29 is 23.8 Å². The molecule has 0 bridgehead atoms. The van der Waals surface area contributed by atoms with Crippen LogP contribution in [-0.4, -0.2) is 87.4 Å². The van der Waals surface area contributed by atoms with Crippen molar-refractivity contribution in [2.24, 2.45) is 11.8 Å². The van der Waals surface area contributed by atoms with E-state index in [-0.39, 0.29) is 29.9 Å². The number of ether oxygens (including phenoxy) is 3. The largest absolute Gasteiger partial charge is 0.491 e. The third-order valence-corrected chi connectivity index (χ3v) is 7.01. The topological polar surface area (TPSA) is 80.3 Å². The summed E-state index contributed by atoms with van der Waals surface area (Å²) in [6.45, 7) is 10.6. The van der Waals surface area contributed by atoms with E-state index in [1.165, 1.54) is 0 Å². The predicted molar refractivity (Wildman–Crippen MR) is 132 cm³/mol. The first-order chi connectivity index (χ1) is 16.3. The Bertz CT molecular complexity index is 827. The molecule has 0 unspecified atom stereocenters. The average molecular weight is 476 g/mol. The molecule has 3 rings (SSSR count). The number of anilines is 1. The van der Waals surface area contributed by atoms with Crippen LogP contribution in [0.1, 0.15) is 50.4 Å². The first-order valence-corrected chi connectivity index (χ1v) is 12.5. The number of hydrogen-bond acceptors (Lipinski definition) is 6. The highest BCUT2D eigenvalue weighted by Crippen LogP contribution is 2.27. The second-order valence-corrected chi connectivity index (χ2v) is 9.72. The van der Waals surface area contributed by atoms with Crippen molar-refractivity contribution in [1.29, 1.82) is 0 Å². The number of rotatable bonds is 5. The number of likely N-dealkylation sites (N-methyl/N-ethyl adjacent to an activating group) is 1. The van der Waals surface area contributed by atoms with E-state index < -0.39 is 0 Å². The smallest absolute Gasteiger partial charge is 0.257 e. The van der Waals surface area contributed by atoms with Gasteiger partial charge in [0, 0.05) is 65.2 Å². The minimum Gasteiger partial charge on any atom is -0.491 e. The molecule has 1 saturated heterocycles. The van der Waals surface area contributed by atoms with Gasteiger partial charge in [-0.2, -0.15) is 0 Å². The van der Waals surface area contributed by atoms with Gasteiger partial charge in [-0.1, -0.05) is 13.8 Å². The van der Waals surface area contributed by atoms with Crippen molar-refractivity contribution in [2.75, 3.05) is 58.9 Å². The normalized spacial score (nSPS) is 25.6. The molecular weight excluding hydrogens is 434 g/mol. The SMILES string of the molecule is CCC(=O)Nc1ccc2c(c1)C(=O)N(C)C[C@H](OC)[C@@H](C)CN(CC1CCOCC1)[C@H](C)CO2. The third kappa shape index (κ3) is 6.93. The number of benzene rings is 1. The number of hydrogen-bond donors (Lipinski definition) is 1. The van der Waals surface area contributed by atoms with Gasteiger partial charge in [0.2, 0.25) is 5.91 Å². The zero-order valence-corrected chi connectivity index (χ0v) is 21.3. The molecule has 0 aromatic heterocycles. The second kappa shape index (κ2) is 12.5. The quantitative estimate of drug-likeness (QED) is 0.704. The van der Waals surface area contributed by atoms with E-state index in [0.717, 1.165) is 39.1 Å². The first-order valence-electron chi connectivity index (χ1n) is 12.5. The van der Waals surface area contributed by atoms with Crippen molar-refractivity contribution in [3.8, 4) is 5.75 Å². The summed E-state index contributed by atoms with van der Waals surface area (Å²) in [5, 5.41) is 2.84. The monoisotopic (exact) mass is 475 g/mol. The maximum absolute atomic E-state index is 13.4. The summed E-state index contributed by atoms with van der Waals surface area (Å²) in [6.07, 6.45) is 2.44. The maximum Gasteiger partial charge on any atom is 0.257 e. The molecule has 1 aromatic rings. The Kier molecular flexibility index (Phi) is 9.74. The van der Waals surface area contributed by atoms with Crippen LogP contribution in [0.4, 0.5) is 5.69 Å². The number of nitrogens with zero attached hydrogens (tertiary/aromatic N) is 2. The van der Waals surface area contributed by atoms with Crippen LogP contribution in [0.5, 0.6) is 5.75 Å². The molecule has 2 amide bonds. The summed E-state index contributed by atoms with van der Waals surface area (Å²) in [5.41, 5.74) is 1.04. The molecule has 2 aliphatic heterocycles. The van der Waals surface area contributed by atoms with Gasteiger partial charge in [-0.15, -0.1) is 0 Å². The lowest BCUT2D eigenvalue weighted by atomic mass is 9.96. The molecule has 8 heteroatoms. The van der Waals surface area contributed by atoms with E-state index in [4.69, 9.17) is 14.2 Å². The van der Waals surface area contributed by atoms with Crippen LogP contribution in [0, 0.1) is 11.8 Å². The number of nitrogens with one attached hydrogen (secondary N) is 1. The van der Waals surface area contributed by atoms with Gasteiger partial charge in [-0.3, -0.25) is 14.5 Å².